The molecule has 1 aliphatic carbocycles. The van der Waals surface area contributed by atoms with Gasteiger partial charge in [0.2, 0.25) is 5.91 Å². The monoisotopic (exact) mass is 212 g/mol. The summed E-state index contributed by atoms with van der Waals surface area (Å²) >= 11 is 0. The minimum atomic E-state index is 0.198. The molecule has 2 unspecified atom stereocenters. The van der Waals surface area contributed by atoms with Crippen LogP contribution in [0.4, 0.5) is 0 Å². The average molecular weight is 212 g/mol. The van der Waals surface area contributed by atoms with Gasteiger partial charge in [-0.1, -0.05) is 12.8 Å². The van der Waals surface area contributed by atoms with E-state index in [0.29, 0.717) is 18.4 Å². The Labute approximate surface area is 93.0 Å². The summed E-state index contributed by atoms with van der Waals surface area (Å²) in [7, 11) is 0. The molecule has 2 atom stereocenters. The maximum absolute atomic E-state index is 12.2. The second-order valence-corrected chi connectivity index (χ2v) is 4.40. The average Bonchev–Trinajstić information content (AvgIpc) is 2.30. The van der Waals surface area contributed by atoms with Gasteiger partial charge >= 0.3 is 0 Å². The van der Waals surface area contributed by atoms with Crippen LogP contribution >= 0.6 is 0 Å². The molecular weight excluding hydrogens is 188 g/mol. The maximum Gasteiger partial charge on any atom is 0.225 e. The van der Waals surface area contributed by atoms with E-state index in [0.717, 1.165) is 25.9 Å². The normalized spacial score (nSPS) is 26.3. The highest BCUT2D eigenvalue weighted by Gasteiger charge is 2.31. The van der Waals surface area contributed by atoms with E-state index in [2.05, 4.69) is 0 Å². The van der Waals surface area contributed by atoms with E-state index in [9.17, 15) is 4.79 Å². The highest BCUT2D eigenvalue weighted by atomic mass is 16.2. The van der Waals surface area contributed by atoms with Crippen LogP contribution in [-0.2, 0) is 4.79 Å². The molecule has 0 heterocycles. The number of nitrogens with zero attached hydrogens (tertiary/aromatic N) is 1. The van der Waals surface area contributed by atoms with Crippen molar-refractivity contribution in [2.75, 3.05) is 19.6 Å². The molecule has 0 aliphatic heterocycles. The summed E-state index contributed by atoms with van der Waals surface area (Å²) in [5.41, 5.74) is 5.74. The third-order valence-corrected chi connectivity index (χ3v) is 3.60. The number of carbonyl (C=O) groups excluding carboxylic acids is 1. The molecule has 2 N–H and O–H groups in total. The molecule has 0 bridgehead atoms. The van der Waals surface area contributed by atoms with Crippen LogP contribution in [0.15, 0.2) is 0 Å². The van der Waals surface area contributed by atoms with Crippen LogP contribution in [0.25, 0.3) is 0 Å². The molecule has 0 spiro atoms. The Balaban J connectivity index is 2.62. The van der Waals surface area contributed by atoms with E-state index in [-0.39, 0.29) is 5.92 Å². The zero-order valence-electron chi connectivity index (χ0n) is 10.0. The molecule has 3 nitrogen and oxygen atoms in total. The summed E-state index contributed by atoms with van der Waals surface area (Å²) in [6, 6.07) is 0. The Kier molecular flexibility index (Phi) is 5.09. The number of amides is 1. The largest absolute Gasteiger partial charge is 0.343 e. The standard InChI is InChI=1S/C12H24N2O/c1-3-14(4-2)12(15)11-8-6-5-7-10(11)9-13/h10-11H,3-9,13H2,1-2H3. The molecule has 15 heavy (non-hydrogen) atoms. The highest BCUT2D eigenvalue weighted by molar-refractivity contribution is 5.79. The van der Waals surface area contributed by atoms with E-state index in [1.54, 1.807) is 0 Å². The van der Waals surface area contributed by atoms with E-state index < -0.39 is 0 Å². The molecule has 0 aromatic heterocycles. The minimum Gasteiger partial charge on any atom is -0.343 e. The van der Waals surface area contributed by atoms with Crippen LogP contribution in [0.5, 0.6) is 0 Å². The van der Waals surface area contributed by atoms with Crippen LogP contribution in [0, 0.1) is 11.8 Å². The zero-order valence-corrected chi connectivity index (χ0v) is 10.0. The zero-order chi connectivity index (χ0) is 11.3. The molecule has 1 fully saturated rings. The summed E-state index contributed by atoms with van der Waals surface area (Å²) in [5, 5.41) is 0. The first-order chi connectivity index (χ1) is 7.24. The number of hydrogen-bond donors (Lipinski definition) is 1. The van der Waals surface area contributed by atoms with E-state index in [1.807, 2.05) is 18.7 Å². The van der Waals surface area contributed by atoms with Crippen molar-refractivity contribution in [3.63, 3.8) is 0 Å². The second-order valence-electron chi connectivity index (χ2n) is 4.40. The Hall–Kier alpha value is -0.570. The number of carbonyl (C=O) groups is 1. The predicted molar refractivity (Wildman–Crippen MR) is 62.4 cm³/mol. The highest BCUT2D eigenvalue weighted by Crippen LogP contribution is 2.30. The van der Waals surface area contributed by atoms with Crippen molar-refractivity contribution in [3.8, 4) is 0 Å². The topological polar surface area (TPSA) is 46.3 Å². The molecule has 88 valence electrons. The fourth-order valence-corrected chi connectivity index (χ4v) is 2.58. The molecule has 1 rings (SSSR count). The first kappa shape index (κ1) is 12.5. The third kappa shape index (κ3) is 2.94. The van der Waals surface area contributed by atoms with Crippen LogP contribution in [0.3, 0.4) is 0 Å². The Morgan fingerprint density at radius 1 is 1.27 bits per heavy atom. The van der Waals surface area contributed by atoms with Crippen LogP contribution in [0.1, 0.15) is 39.5 Å². The lowest BCUT2D eigenvalue weighted by atomic mass is 9.78. The second kappa shape index (κ2) is 6.11. The van der Waals surface area contributed by atoms with Crippen LogP contribution in [-0.4, -0.2) is 30.4 Å². The maximum atomic E-state index is 12.2. The van der Waals surface area contributed by atoms with Crippen LogP contribution in [0.2, 0.25) is 0 Å². The molecule has 1 saturated carbocycles. The van der Waals surface area contributed by atoms with Gasteiger partial charge in [0, 0.05) is 19.0 Å². The van der Waals surface area contributed by atoms with Gasteiger partial charge in [-0.15, -0.1) is 0 Å². The van der Waals surface area contributed by atoms with Crippen LogP contribution < -0.4 is 5.73 Å². The summed E-state index contributed by atoms with van der Waals surface area (Å²) in [5.74, 6) is 0.950. The van der Waals surface area contributed by atoms with Gasteiger partial charge in [-0.3, -0.25) is 4.79 Å². The van der Waals surface area contributed by atoms with Gasteiger partial charge in [-0.2, -0.15) is 0 Å². The Morgan fingerprint density at radius 3 is 2.40 bits per heavy atom. The molecular formula is C12H24N2O. The smallest absolute Gasteiger partial charge is 0.225 e. The van der Waals surface area contributed by atoms with Gasteiger partial charge in [0.25, 0.3) is 0 Å². The lowest BCUT2D eigenvalue weighted by molar-refractivity contribution is -0.138. The lowest BCUT2D eigenvalue weighted by Crippen LogP contribution is -2.42. The van der Waals surface area contributed by atoms with E-state index >= 15 is 0 Å². The number of rotatable bonds is 4. The Morgan fingerprint density at radius 2 is 1.87 bits per heavy atom. The fourth-order valence-electron chi connectivity index (χ4n) is 2.58. The van der Waals surface area contributed by atoms with Crippen molar-refractivity contribution in [2.24, 2.45) is 17.6 Å². The molecule has 1 amide bonds. The quantitative estimate of drug-likeness (QED) is 0.769. The lowest BCUT2D eigenvalue weighted by Gasteiger charge is -2.33. The molecule has 0 saturated heterocycles. The third-order valence-electron chi connectivity index (χ3n) is 3.60. The summed E-state index contributed by atoms with van der Waals surface area (Å²) in [4.78, 5) is 14.1. The van der Waals surface area contributed by atoms with Crippen molar-refractivity contribution < 1.29 is 4.79 Å². The SMILES string of the molecule is CCN(CC)C(=O)C1CCCCC1CN. The van der Waals surface area contributed by atoms with Gasteiger partial charge in [0.1, 0.15) is 0 Å². The summed E-state index contributed by atoms with van der Waals surface area (Å²) in [6.45, 7) is 6.40. The van der Waals surface area contributed by atoms with E-state index in [1.165, 1.54) is 12.8 Å². The summed E-state index contributed by atoms with van der Waals surface area (Å²) in [6.07, 6.45) is 4.60. The molecule has 0 radical (unpaired) electrons. The Bertz CT molecular complexity index is 202. The first-order valence-electron chi connectivity index (χ1n) is 6.23. The first-order valence-corrected chi connectivity index (χ1v) is 6.23. The molecule has 0 aromatic carbocycles. The van der Waals surface area contributed by atoms with Gasteiger partial charge in [0.05, 0.1) is 0 Å². The minimum absolute atomic E-state index is 0.198. The molecule has 3 heteroatoms. The van der Waals surface area contributed by atoms with E-state index in [4.69, 9.17) is 5.73 Å². The van der Waals surface area contributed by atoms with Crippen molar-refractivity contribution in [2.45, 2.75) is 39.5 Å². The van der Waals surface area contributed by atoms with Gasteiger partial charge < -0.3 is 10.6 Å². The van der Waals surface area contributed by atoms with Crippen molar-refractivity contribution >= 4 is 5.91 Å². The van der Waals surface area contributed by atoms with Crippen molar-refractivity contribution in [1.29, 1.82) is 0 Å². The number of nitrogens with two attached hydrogens (primary N) is 1. The molecule has 0 aromatic rings. The van der Waals surface area contributed by atoms with Crippen molar-refractivity contribution in [3.05, 3.63) is 0 Å². The summed E-state index contributed by atoms with van der Waals surface area (Å²) < 4.78 is 0. The van der Waals surface area contributed by atoms with Gasteiger partial charge in [-0.25, -0.2) is 0 Å². The van der Waals surface area contributed by atoms with Gasteiger partial charge in [-0.05, 0) is 39.2 Å². The predicted octanol–water partition coefficient (Wildman–Crippen LogP) is 1.62. The fraction of sp³-hybridized carbons (Fsp3) is 0.917. The molecule has 1 aliphatic rings. The van der Waals surface area contributed by atoms with Gasteiger partial charge in [0.15, 0.2) is 0 Å². The number of hydrogen-bond acceptors (Lipinski definition) is 2. The van der Waals surface area contributed by atoms with Crippen molar-refractivity contribution in [1.82, 2.24) is 4.90 Å².